The zero-order valence-electron chi connectivity index (χ0n) is 18.8. The fourth-order valence-electron chi connectivity index (χ4n) is 4.33. The van der Waals surface area contributed by atoms with E-state index < -0.39 is 29.8 Å². The number of fused-ring (bicyclic) bond motifs is 1. The number of hydrogen-bond donors (Lipinski definition) is 1. The molecule has 0 unspecified atom stereocenters. The molecule has 0 saturated carbocycles. The number of nitrogens with zero attached hydrogens (tertiary/aromatic N) is 4. The van der Waals surface area contributed by atoms with Gasteiger partial charge in [-0.15, -0.1) is 0 Å². The molecule has 35 heavy (non-hydrogen) atoms. The van der Waals surface area contributed by atoms with Crippen molar-refractivity contribution >= 4 is 40.0 Å². The van der Waals surface area contributed by atoms with Gasteiger partial charge in [-0.05, 0) is 19.1 Å². The van der Waals surface area contributed by atoms with E-state index in [1.807, 2.05) is 24.3 Å². The average molecular weight is 498 g/mol. The van der Waals surface area contributed by atoms with E-state index >= 15 is 0 Å². The van der Waals surface area contributed by atoms with Crippen LogP contribution in [-0.4, -0.2) is 45.8 Å². The molecule has 10 heteroatoms. The molecule has 1 aliphatic rings. The molecule has 3 aromatic rings. The summed E-state index contributed by atoms with van der Waals surface area (Å²) in [5.41, 5.74) is 2.15. The van der Waals surface area contributed by atoms with Crippen molar-refractivity contribution in [3.8, 4) is 6.19 Å². The number of carbonyl (C=O) groups is 2. The molecule has 1 saturated heterocycles. The summed E-state index contributed by atoms with van der Waals surface area (Å²) in [4.78, 5) is 31.0. The summed E-state index contributed by atoms with van der Waals surface area (Å²) < 4.78 is 30.1. The van der Waals surface area contributed by atoms with E-state index in [-0.39, 0.29) is 36.6 Å². The highest BCUT2D eigenvalue weighted by molar-refractivity contribution is 6.30. The lowest BCUT2D eigenvalue weighted by Gasteiger charge is -2.24. The minimum absolute atomic E-state index is 0.0633. The van der Waals surface area contributed by atoms with Gasteiger partial charge in [-0.1, -0.05) is 41.9 Å². The Morgan fingerprint density at radius 1 is 1.26 bits per heavy atom. The maximum Gasteiger partial charge on any atom is 0.243 e. The summed E-state index contributed by atoms with van der Waals surface area (Å²) in [5, 5.41) is 12.3. The number of carbonyl (C=O) groups excluding carboxylic acids is 2. The van der Waals surface area contributed by atoms with Crippen LogP contribution in [0.1, 0.15) is 24.5 Å². The Balaban J connectivity index is 1.52. The summed E-state index contributed by atoms with van der Waals surface area (Å²) >= 11 is 5.78. The van der Waals surface area contributed by atoms with E-state index in [1.165, 1.54) is 17.0 Å². The Morgan fingerprint density at radius 2 is 2.03 bits per heavy atom. The maximum atomic E-state index is 14.3. The minimum atomic E-state index is -1.35. The molecular formula is C25H22ClF2N5O2. The lowest BCUT2D eigenvalue weighted by molar-refractivity contribution is -0.139. The van der Waals surface area contributed by atoms with Crippen molar-refractivity contribution in [3.05, 3.63) is 70.6 Å². The first-order valence-corrected chi connectivity index (χ1v) is 11.3. The largest absolute Gasteiger partial charge is 0.350 e. The highest BCUT2D eigenvalue weighted by Crippen LogP contribution is 2.25. The number of benzene rings is 2. The number of nitriles is 1. The lowest BCUT2D eigenvalue weighted by atomic mass is 10.1. The topological polar surface area (TPSA) is 90.5 Å². The highest BCUT2D eigenvalue weighted by Gasteiger charge is 2.39. The predicted molar refractivity (Wildman–Crippen MR) is 128 cm³/mol. The number of rotatable bonds is 6. The normalized spacial score (nSPS) is 18.0. The zero-order chi connectivity index (χ0) is 25.1. The van der Waals surface area contributed by atoms with Crippen molar-refractivity contribution in [2.45, 2.75) is 38.6 Å². The quantitative estimate of drug-likeness (QED) is 0.412. The highest BCUT2D eigenvalue weighted by atomic mass is 35.5. The number of hydrogen-bond acceptors (Lipinski definition) is 4. The number of aromatic nitrogens is 1. The average Bonchev–Trinajstić information content (AvgIpc) is 3.41. The first-order chi connectivity index (χ1) is 16.8. The van der Waals surface area contributed by atoms with Crippen molar-refractivity contribution in [2.75, 3.05) is 6.54 Å². The molecule has 0 spiro atoms. The summed E-state index contributed by atoms with van der Waals surface area (Å²) in [5.74, 6) is -1.63. The van der Waals surface area contributed by atoms with E-state index in [2.05, 4.69) is 10.3 Å². The standard InChI is InChI=1S/C25H22ClF2N5O2/c1-15(31-14-29)19-12-32(21-8-3-2-6-18(19)21)13-23(34)33-11-17(27)9-22(33)25(35)30-10-16-5-4-7-20(26)24(16)28/h2-8,12,17,22H,9-11,13H2,1H3,(H,30,35)/t17-,22+/m1/s1. The number of amides is 2. The van der Waals surface area contributed by atoms with Crippen LogP contribution in [0.15, 0.2) is 53.7 Å². The Bertz CT molecular complexity index is 1360. The van der Waals surface area contributed by atoms with Gasteiger partial charge in [0.2, 0.25) is 18.0 Å². The second-order valence-electron chi connectivity index (χ2n) is 8.31. The third-order valence-corrected chi connectivity index (χ3v) is 6.35. The van der Waals surface area contributed by atoms with Gasteiger partial charge in [-0.2, -0.15) is 10.3 Å². The van der Waals surface area contributed by atoms with Crippen LogP contribution in [0.2, 0.25) is 5.02 Å². The van der Waals surface area contributed by atoms with Crippen LogP contribution in [0, 0.1) is 17.3 Å². The SMILES string of the molecule is CC(=NC#N)c1cn(CC(=O)N2C[C@H](F)C[C@H]2C(=O)NCc2cccc(Cl)c2F)c2ccccc12. The summed E-state index contributed by atoms with van der Waals surface area (Å²) in [6.07, 6.45) is 2.00. The molecule has 2 heterocycles. The molecule has 0 aliphatic carbocycles. The molecule has 2 aromatic carbocycles. The van der Waals surface area contributed by atoms with Gasteiger partial charge >= 0.3 is 0 Å². The summed E-state index contributed by atoms with van der Waals surface area (Å²) in [6, 6.07) is 10.8. The lowest BCUT2D eigenvalue weighted by Crippen LogP contribution is -2.46. The van der Waals surface area contributed by atoms with Crippen molar-refractivity contribution in [1.82, 2.24) is 14.8 Å². The molecule has 180 valence electrons. The third-order valence-electron chi connectivity index (χ3n) is 6.06. The molecule has 1 N–H and O–H groups in total. The minimum Gasteiger partial charge on any atom is -0.350 e. The molecular weight excluding hydrogens is 476 g/mol. The van der Waals surface area contributed by atoms with Crippen LogP contribution in [0.5, 0.6) is 0 Å². The van der Waals surface area contributed by atoms with Crippen molar-refractivity contribution in [1.29, 1.82) is 5.26 Å². The summed E-state index contributed by atoms with van der Waals surface area (Å²) in [6.45, 7) is 1.24. The van der Waals surface area contributed by atoms with Crippen LogP contribution >= 0.6 is 11.6 Å². The molecule has 7 nitrogen and oxygen atoms in total. The Morgan fingerprint density at radius 3 is 2.80 bits per heavy atom. The molecule has 0 radical (unpaired) electrons. The van der Waals surface area contributed by atoms with Gasteiger partial charge in [0.05, 0.1) is 17.3 Å². The number of nitrogens with one attached hydrogen (secondary N) is 1. The smallest absolute Gasteiger partial charge is 0.243 e. The molecule has 4 rings (SSSR count). The maximum absolute atomic E-state index is 14.3. The van der Waals surface area contributed by atoms with Crippen molar-refractivity contribution in [3.63, 3.8) is 0 Å². The zero-order valence-corrected chi connectivity index (χ0v) is 19.6. The van der Waals surface area contributed by atoms with E-state index in [0.717, 1.165) is 10.9 Å². The number of likely N-dealkylation sites (tertiary alicyclic amines) is 1. The first-order valence-electron chi connectivity index (χ1n) is 11.0. The Labute approximate surface area is 205 Å². The van der Waals surface area contributed by atoms with Crippen LogP contribution in [0.3, 0.4) is 0 Å². The number of aliphatic imine (C=N–C) groups is 1. The molecule has 2 amide bonds. The summed E-state index contributed by atoms with van der Waals surface area (Å²) in [7, 11) is 0. The molecule has 1 aromatic heterocycles. The van der Waals surface area contributed by atoms with Gasteiger partial charge in [0.25, 0.3) is 0 Å². The fourth-order valence-corrected chi connectivity index (χ4v) is 4.53. The van der Waals surface area contributed by atoms with E-state index in [4.69, 9.17) is 16.9 Å². The number of halogens is 3. The number of alkyl halides is 1. The predicted octanol–water partition coefficient (Wildman–Crippen LogP) is 3.98. The monoisotopic (exact) mass is 497 g/mol. The van der Waals surface area contributed by atoms with Crippen LogP contribution in [-0.2, 0) is 22.7 Å². The molecule has 0 bridgehead atoms. The van der Waals surface area contributed by atoms with Gasteiger partial charge in [-0.25, -0.2) is 8.78 Å². The second kappa shape index (κ2) is 10.2. The molecule has 1 fully saturated rings. The third kappa shape index (κ3) is 5.03. The number of para-hydroxylation sites is 1. The van der Waals surface area contributed by atoms with Crippen molar-refractivity contribution < 1.29 is 18.4 Å². The van der Waals surface area contributed by atoms with Crippen LogP contribution in [0.4, 0.5) is 8.78 Å². The van der Waals surface area contributed by atoms with Crippen molar-refractivity contribution in [2.24, 2.45) is 4.99 Å². The Hall–Kier alpha value is -3.77. The molecule has 2 atom stereocenters. The van der Waals surface area contributed by atoms with E-state index in [0.29, 0.717) is 11.3 Å². The molecule has 1 aliphatic heterocycles. The van der Waals surface area contributed by atoms with E-state index in [9.17, 15) is 18.4 Å². The van der Waals surface area contributed by atoms with Crippen LogP contribution in [0.25, 0.3) is 10.9 Å². The second-order valence-corrected chi connectivity index (χ2v) is 8.72. The van der Waals surface area contributed by atoms with Gasteiger partial charge < -0.3 is 14.8 Å². The van der Waals surface area contributed by atoms with Gasteiger partial charge in [-0.3, -0.25) is 9.59 Å². The van der Waals surface area contributed by atoms with Gasteiger partial charge in [0.15, 0.2) is 0 Å². The Kier molecular flexibility index (Phi) is 7.12. The van der Waals surface area contributed by atoms with Gasteiger partial charge in [0, 0.05) is 41.2 Å². The fraction of sp³-hybridized carbons (Fsp3) is 0.280. The van der Waals surface area contributed by atoms with Gasteiger partial charge in [0.1, 0.15) is 24.6 Å². The van der Waals surface area contributed by atoms with Crippen LogP contribution < -0.4 is 5.32 Å². The first kappa shape index (κ1) is 24.4. The van der Waals surface area contributed by atoms with E-state index in [1.54, 1.807) is 29.9 Å².